The van der Waals surface area contributed by atoms with Gasteiger partial charge < -0.3 is 15.8 Å². The van der Waals surface area contributed by atoms with Gasteiger partial charge >= 0.3 is 0 Å². The Hall–Kier alpha value is -2.29. The van der Waals surface area contributed by atoms with E-state index in [9.17, 15) is 4.79 Å². The van der Waals surface area contributed by atoms with E-state index in [0.717, 1.165) is 74.4 Å². The van der Waals surface area contributed by atoms with E-state index in [0.29, 0.717) is 5.78 Å². The van der Waals surface area contributed by atoms with Gasteiger partial charge in [0.2, 0.25) is 0 Å². The SMILES string of the molecule is CC(=O)C1CCN(CC#Cc2ccc(/C(N)=C/NCC3CCCCO3)c(C)c2)CC1. The molecule has 30 heavy (non-hydrogen) atoms. The molecule has 0 aliphatic carbocycles. The first-order valence-corrected chi connectivity index (χ1v) is 11.2. The summed E-state index contributed by atoms with van der Waals surface area (Å²) in [5, 5.41) is 3.31. The van der Waals surface area contributed by atoms with Crippen LogP contribution in [0.25, 0.3) is 5.70 Å². The zero-order valence-electron chi connectivity index (χ0n) is 18.4. The number of Topliss-reactive ketones (excluding diaryl/α,β-unsaturated/α-hetero) is 1. The number of benzene rings is 1. The molecule has 1 atom stereocenters. The Labute approximate surface area is 181 Å². The van der Waals surface area contributed by atoms with Crippen LogP contribution in [0, 0.1) is 24.7 Å². The summed E-state index contributed by atoms with van der Waals surface area (Å²) in [5.41, 5.74) is 10.2. The fourth-order valence-electron chi connectivity index (χ4n) is 4.16. The van der Waals surface area contributed by atoms with Gasteiger partial charge in [-0.2, -0.15) is 0 Å². The molecule has 1 unspecified atom stereocenters. The number of nitrogens with zero attached hydrogens (tertiary/aromatic N) is 1. The molecule has 2 heterocycles. The van der Waals surface area contributed by atoms with E-state index >= 15 is 0 Å². The van der Waals surface area contributed by atoms with E-state index in [2.05, 4.69) is 35.0 Å². The van der Waals surface area contributed by atoms with Crippen molar-refractivity contribution in [2.45, 2.75) is 52.1 Å². The largest absolute Gasteiger partial charge is 0.397 e. The number of nitrogens with one attached hydrogen (secondary N) is 1. The molecule has 0 aromatic heterocycles. The molecule has 0 radical (unpaired) electrons. The van der Waals surface area contributed by atoms with Gasteiger partial charge in [-0.1, -0.05) is 17.9 Å². The van der Waals surface area contributed by atoms with Gasteiger partial charge in [-0.05, 0) is 76.7 Å². The molecule has 5 heteroatoms. The summed E-state index contributed by atoms with van der Waals surface area (Å²) >= 11 is 0. The minimum Gasteiger partial charge on any atom is -0.397 e. The molecule has 162 valence electrons. The topological polar surface area (TPSA) is 67.6 Å². The lowest BCUT2D eigenvalue weighted by Gasteiger charge is -2.29. The van der Waals surface area contributed by atoms with Gasteiger partial charge in [0.05, 0.1) is 18.3 Å². The van der Waals surface area contributed by atoms with Crippen LogP contribution >= 0.6 is 0 Å². The van der Waals surface area contributed by atoms with Crippen molar-refractivity contribution >= 4 is 11.5 Å². The van der Waals surface area contributed by atoms with Gasteiger partial charge in [-0.15, -0.1) is 0 Å². The maximum Gasteiger partial charge on any atom is 0.133 e. The van der Waals surface area contributed by atoms with Crippen LogP contribution in [-0.2, 0) is 9.53 Å². The highest BCUT2D eigenvalue weighted by Crippen LogP contribution is 2.18. The Bertz CT molecular complexity index is 807. The number of ether oxygens (including phenoxy) is 1. The van der Waals surface area contributed by atoms with Crippen LogP contribution in [0.15, 0.2) is 24.4 Å². The summed E-state index contributed by atoms with van der Waals surface area (Å²) in [6.07, 6.45) is 7.60. The normalized spacial score (nSPS) is 21.0. The molecular formula is C25H35N3O2. The molecule has 0 saturated carbocycles. The van der Waals surface area contributed by atoms with Crippen LogP contribution in [0.2, 0.25) is 0 Å². The van der Waals surface area contributed by atoms with Gasteiger partial charge in [0.15, 0.2) is 0 Å². The van der Waals surface area contributed by atoms with Crippen molar-refractivity contribution in [1.29, 1.82) is 0 Å². The number of likely N-dealkylation sites (tertiary alicyclic amines) is 1. The minimum absolute atomic E-state index is 0.243. The Morgan fingerprint density at radius 2 is 2.10 bits per heavy atom. The molecule has 2 saturated heterocycles. The molecule has 2 aliphatic heterocycles. The lowest BCUT2D eigenvalue weighted by molar-refractivity contribution is -0.122. The molecule has 3 N–H and O–H groups in total. The third-order valence-electron chi connectivity index (χ3n) is 6.11. The number of piperidine rings is 1. The number of ketones is 1. The highest BCUT2D eigenvalue weighted by atomic mass is 16.5. The summed E-state index contributed by atoms with van der Waals surface area (Å²) in [7, 11) is 0. The second-order valence-corrected chi connectivity index (χ2v) is 8.49. The third kappa shape index (κ3) is 6.62. The summed E-state index contributed by atoms with van der Waals surface area (Å²) in [6.45, 7) is 8.10. The second-order valence-electron chi connectivity index (χ2n) is 8.49. The third-order valence-corrected chi connectivity index (χ3v) is 6.11. The molecule has 2 aliphatic rings. The highest BCUT2D eigenvalue weighted by molar-refractivity contribution is 5.78. The molecule has 5 nitrogen and oxygen atoms in total. The quantitative estimate of drug-likeness (QED) is 0.707. The lowest BCUT2D eigenvalue weighted by Crippen LogP contribution is -2.35. The number of carbonyl (C=O) groups is 1. The summed E-state index contributed by atoms with van der Waals surface area (Å²) in [5.74, 6) is 7.11. The van der Waals surface area contributed by atoms with Crippen LogP contribution in [0.1, 0.15) is 55.7 Å². The van der Waals surface area contributed by atoms with E-state index < -0.39 is 0 Å². The van der Waals surface area contributed by atoms with Crippen molar-refractivity contribution in [1.82, 2.24) is 10.2 Å². The monoisotopic (exact) mass is 409 g/mol. The van der Waals surface area contributed by atoms with Gasteiger partial charge in [0.25, 0.3) is 0 Å². The van der Waals surface area contributed by atoms with Crippen molar-refractivity contribution in [3.05, 3.63) is 41.1 Å². The molecule has 3 rings (SSSR count). The number of rotatable bonds is 6. The molecule has 1 aromatic carbocycles. The standard InChI is InChI=1S/C25H35N3O2/c1-19-16-21(6-5-12-28-13-10-22(11-14-28)20(2)29)8-9-24(19)25(26)18-27-17-23-7-3-4-15-30-23/h8-9,16,18,22-23,27H,3-4,7,10-15,17,26H2,1-2H3/b25-18-. The van der Waals surface area contributed by atoms with Crippen molar-refractivity contribution in [2.24, 2.45) is 11.7 Å². The predicted molar refractivity (Wildman–Crippen MR) is 122 cm³/mol. The maximum absolute atomic E-state index is 11.5. The van der Waals surface area contributed by atoms with Crippen molar-refractivity contribution in [3.8, 4) is 11.8 Å². The summed E-state index contributed by atoms with van der Waals surface area (Å²) in [4.78, 5) is 13.8. The van der Waals surface area contributed by atoms with Crippen molar-refractivity contribution in [2.75, 3.05) is 32.8 Å². The van der Waals surface area contributed by atoms with Crippen LogP contribution in [0.4, 0.5) is 0 Å². The number of aryl methyl sites for hydroxylation is 1. The van der Waals surface area contributed by atoms with Crippen LogP contribution in [-0.4, -0.2) is 49.6 Å². The summed E-state index contributed by atoms with van der Waals surface area (Å²) < 4.78 is 5.74. The van der Waals surface area contributed by atoms with Gasteiger partial charge in [0.1, 0.15) is 5.78 Å². The smallest absolute Gasteiger partial charge is 0.133 e. The van der Waals surface area contributed by atoms with Crippen molar-refractivity contribution < 1.29 is 9.53 Å². The van der Waals surface area contributed by atoms with E-state index in [1.807, 2.05) is 18.3 Å². The molecule has 1 aromatic rings. The van der Waals surface area contributed by atoms with E-state index in [4.69, 9.17) is 10.5 Å². The Kier molecular flexibility index (Phi) is 8.36. The number of carbonyl (C=O) groups excluding carboxylic acids is 1. The Balaban J connectivity index is 1.49. The molecule has 0 spiro atoms. The fourth-order valence-corrected chi connectivity index (χ4v) is 4.16. The minimum atomic E-state index is 0.243. The predicted octanol–water partition coefficient (Wildman–Crippen LogP) is 3.06. The number of hydrogen-bond donors (Lipinski definition) is 2. The zero-order valence-corrected chi connectivity index (χ0v) is 18.4. The summed E-state index contributed by atoms with van der Waals surface area (Å²) in [6, 6.07) is 6.17. The molecule has 2 fully saturated rings. The Morgan fingerprint density at radius 3 is 2.77 bits per heavy atom. The average Bonchev–Trinajstić information content (AvgIpc) is 2.75. The van der Waals surface area contributed by atoms with Crippen LogP contribution in [0.3, 0.4) is 0 Å². The first kappa shape index (κ1) is 22.4. The van der Waals surface area contributed by atoms with Gasteiger partial charge in [-0.3, -0.25) is 9.69 Å². The highest BCUT2D eigenvalue weighted by Gasteiger charge is 2.21. The van der Waals surface area contributed by atoms with E-state index in [-0.39, 0.29) is 12.0 Å². The van der Waals surface area contributed by atoms with E-state index in [1.165, 1.54) is 12.8 Å². The lowest BCUT2D eigenvalue weighted by atomic mass is 9.93. The second kappa shape index (κ2) is 11.2. The van der Waals surface area contributed by atoms with Crippen molar-refractivity contribution in [3.63, 3.8) is 0 Å². The van der Waals surface area contributed by atoms with Gasteiger partial charge in [-0.25, -0.2) is 0 Å². The molecule has 0 bridgehead atoms. The van der Waals surface area contributed by atoms with Crippen LogP contribution < -0.4 is 11.1 Å². The van der Waals surface area contributed by atoms with Crippen LogP contribution in [0.5, 0.6) is 0 Å². The van der Waals surface area contributed by atoms with Gasteiger partial charge in [0, 0.05) is 36.4 Å². The van der Waals surface area contributed by atoms with E-state index in [1.54, 1.807) is 6.92 Å². The molecular weight excluding hydrogens is 374 g/mol. The first-order valence-electron chi connectivity index (χ1n) is 11.2. The maximum atomic E-state index is 11.5. The number of nitrogens with two attached hydrogens (primary N) is 1. The fraction of sp³-hybridized carbons (Fsp3) is 0.560. The number of hydrogen-bond acceptors (Lipinski definition) is 5. The molecule has 0 amide bonds. The zero-order chi connectivity index (χ0) is 21.3. The first-order chi connectivity index (χ1) is 14.5. The Morgan fingerprint density at radius 1 is 1.30 bits per heavy atom. The average molecular weight is 410 g/mol.